The van der Waals surface area contributed by atoms with Crippen molar-refractivity contribution in [1.29, 1.82) is 0 Å². The van der Waals surface area contributed by atoms with Gasteiger partial charge >= 0.3 is 0 Å². The van der Waals surface area contributed by atoms with Crippen LogP contribution in [0.5, 0.6) is 0 Å². The Morgan fingerprint density at radius 2 is 1.24 bits per heavy atom. The number of aromatic amines is 1. The molecule has 0 aliphatic heterocycles. The van der Waals surface area contributed by atoms with Crippen LogP contribution in [-0.2, 0) is 6.42 Å². The second-order valence-corrected chi connectivity index (χ2v) is 8.84. The van der Waals surface area contributed by atoms with E-state index in [0.29, 0.717) is 0 Å². The first kappa shape index (κ1) is 18.3. The average Bonchev–Trinajstić information content (AvgIpc) is 3.42. The number of benzene rings is 5. The molecule has 7 rings (SSSR count). The second kappa shape index (κ2) is 7.11. The Balaban J connectivity index is 1.16. The van der Waals surface area contributed by atoms with Crippen molar-refractivity contribution in [1.82, 2.24) is 4.98 Å². The highest BCUT2D eigenvalue weighted by Crippen LogP contribution is 2.38. The van der Waals surface area contributed by atoms with Crippen LogP contribution in [0.2, 0.25) is 0 Å². The molecule has 0 saturated carbocycles. The zero-order valence-electron chi connectivity index (χ0n) is 18.1. The molecule has 1 aliphatic rings. The molecule has 0 unspecified atom stereocenters. The van der Waals surface area contributed by atoms with E-state index in [-0.39, 0.29) is 0 Å². The average molecular weight is 423 g/mol. The Hall–Kier alpha value is -4.30. The molecule has 2 nitrogen and oxygen atoms in total. The fourth-order valence-electron chi connectivity index (χ4n) is 5.16. The summed E-state index contributed by atoms with van der Waals surface area (Å²) in [6.45, 7) is 0. The van der Waals surface area contributed by atoms with Crippen LogP contribution in [0.3, 0.4) is 0 Å². The highest BCUT2D eigenvalue weighted by molar-refractivity contribution is 6.08. The van der Waals surface area contributed by atoms with Crippen molar-refractivity contribution in [2.75, 3.05) is 5.32 Å². The maximum Gasteiger partial charge on any atom is 0.0465 e. The van der Waals surface area contributed by atoms with Crippen molar-refractivity contribution in [3.8, 4) is 22.3 Å². The van der Waals surface area contributed by atoms with Crippen molar-refractivity contribution >= 4 is 33.2 Å². The molecule has 0 amide bonds. The first-order chi connectivity index (χ1) is 16.3. The molecule has 1 aliphatic carbocycles. The highest BCUT2D eigenvalue weighted by Gasteiger charge is 2.17. The van der Waals surface area contributed by atoms with E-state index in [1.54, 1.807) is 0 Å². The summed E-state index contributed by atoms with van der Waals surface area (Å²) >= 11 is 0. The molecule has 1 heterocycles. The fourth-order valence-corrected chi connectivity index (χ4v) is 5.16. The maximum absolute atomic E-state index is 3.58. The monoisotopic (exact) mass is 422 g/mol. The molecule has 156 valence electrons. The zero-order valence-corrected chi connectivity index (χ0v) is 18.1. The standard InChI is InChI=1S/C31H22N2/c1-2-6-26-22(5-1)17-23-18-25(14-15-27(23)26)32-24-12-9-20(10-13-24)21-11-16-31-29(19-21)28-7-3-4-8-30(28)33-31/h1-16,18-19,32-33H,17H2. The van der Waals surface area contributed by atoms with Gasteiger partial charge in [0.05, 0.1) is 0 Å². The van der Waals surface area contributed by atoms with E-state index in [1.165, 1.54) is 55.2 Å². The molecule has 6 aromatic rings. The predicted octanol–water partition coefficient (Wildman–Crippen LogP) is 8.30. The smallest absolute Gasteiger partial charge is 0.0465 e. The Morgan fingerprint density at radius 3 is 2.18 bits per heavy atom. The van der Waals surface area contributed by atoms with E-state index in [2.05, 4.69) is 119 Å². The first-order valence-corrected chi connectivity index (χ1v) is 11.4. The number of rotatable bonds is 3. The van der Waals surface area contributed by atoms with Gasteiger partial charge in [-0.3, -0.25) is 0 Å². The van der Waals surface area contributed by atoms with Gasteiger partial charge in [-0.15, -0.1) is 0 Å². The summed E-state index contributed by atoms with van der Waals surface area (Å²) in [5.74, 6) is 0. The van der Waals surface area contributed by atoms with Gasteiger partial charge in [0.15, 0.2) is 0 Å². The summed E-state index contributed by atoms with van der Waals surface area (Å²) in [5.41, 5.74) is 12.6. The number of anilines is 2. The van der Waals surface area contributed by atoms with E-state index in [0.717, 1.165) is 17.8 Å². The van der Waals surface area contributed by atoms with Crippen molar-refractivity contribution in [3.63, 3.8) is 0 Å². The number of H-pyrrole nitrogens is 1. The lowest BCUT2D eigenvalue weighted by molar-refractivity contribution is 1.26. The van der Waals surface area contributed by atoms with Crippen molar-refractivity contribution < 1.29 is 0 Å². The molecule has 2 N–H and O–H groups in total. The Labute approximate surface area is 192 Å². The number of hydrogen-bond donors (Lipinski definition) is 2. The largest absolute Gasteiger partial charge is 0.356 e. The van der Waals surface area contributed by atoms with Crippen LogP contribution in [0.1, 0.15) is 11.1 Å². The van der Waals surface area contributed by atoms with E-state index in [9.17, 15) is 0 Å². The van der Waals surface area contributed by atoms with Crippen LogP contribution in [0.4, 0.5) is 11.4 Å². The quantitative estimate of drug-likeness (QED) is 0.294. The third kappa shape index (κ3) is 3.03. The van der Waals surface area contributed by atoms with E-state index in [1.807, 2.05) is 0 Å². The van der Waals surface area contributed by atoms with Gasteiger partial charge in [-0.25, -0.2) is 0 Å². The van der Waals surface area contributed by atoms with Crippen LogP contribution >= 0.6 is 0 Å². The van der Waals surface area contributed by atoms with Crippen LogP contribution in [0.25, 0.3) is 44.1 Å². The number of aromatic nitrogens is 1. The van der Waals surface area contributed by atoms with Gasteiger partial charge in [-0.1, -0.05) is 66.7 Å². The minimum absolute atomic E-state index is 1.01. The van der Waals surface area contributed by atoms with Crippen molar-refractivity contribution in [2.24, 2.45) is 0 Å². The van der Waals surface area contributed by atoms with Gasteiger partial charge < -0.3 is 10.3 Å². The fraction of sp³-hybridized carbons (Fsp3) is 0.0323. The number of hydrogen-bond acceptors (Lipinski definition) is 1. The lowest BCUT2D eigenvalue weighted by atomic mass is 10.0. The minimum Gasteiger partial charge on any atom is -0.356 e. The molecule has 5 aromatic carbocycles. The zero-order chi connectivity index (χ0) is 21.8. The third-order valence-corrected chi connectivity index (χ3v) is 6.81. The second-order valence-electron chi connectivity index (χ2n) is 8.84. The summed E-state index contributed by atoms with van der Waals surface area (Å²) in [7, 11) is 0. The molecular formula is C31H22N2. The molecule has 0 radical (unpaired) electrons. The number of para-hydroxylation sites is 1. The van der Waals surface area contributed by atoms with E-state index >= 15 is 0 Å². The van der Waals surface area contributed by atoms with Gasteiger partial charge in [-0.2, -0.15) is 0 Å². The first-order valence-electron chi connectivity index (χ1n) is 11.4. The number of fused-ring (bicyclic) bond motifs is 6. The van der Waals surface area contributed by atoms with Crippen molar-refractivity contribution in [3.05, 3.63) is 120 Å². The minimum atomic E-state index is 1.01. The van der Waals surface area contributed by atoms with Gasteiger partial charge in [-0.05, 0) is 82.3 Å². The van der Waals surface area contributed by atoms with Crippen molar-refractivity contribution in [2.45, 2.75) is 6.42 Å². The third-order valence-electron chi connectivity index (χ3n) is 6.81. The summed E-state index contributed by atoms with van der Waals surface area (Å²) in [4.78, 5) is 3.51. The van der Waals surface area contributed by atoms with Gasteiger partial charge in [0, 0.05) is 33.2 Å². The molecule has 1 aromatic heterocycles. The van der Waals surface area contributed by atoms with Gasteiger partial charge in [0.1, 0.15) is 0 Å². The summed E-state index contributed by atoms with van der Waals surface area (Å²) in [6, 6.07) is 39.3. The van der Waals surface area contributed by atoms with Crippen LogP contribution in [-0.4, -0.2) is 4.98 Å². The molecule has 0 spiro atoms. The molecule has 0 saturated heterocycles. The van der Waals surface area contributed by atoms with Crippen LogP contribution < -0.4 is 5.32 Å². The molecule has 2 heteroatoms. The number of nitrogens with one attached hydrogen (secondary N) is 2. The maximum atomic E-state index is 3.58. The molecular weight excluding hydrogens is 400 g/mol. The van der Waals surface area contributed by atoms with Crippen LogP contribution in [0.15, 0.2) is 109 Å². The van der Waals surface area contributed by atoms with Crippen LogP contribution in [0, 0.1) is 0 Å². The Morgan fingerprint density at radius 1 is 0.515 bits per heavy atom. The lowest BCUT2D eigenvalue weighted by Crippen LogP contribution is -1.92. The molecule has 0 atom stereocenters. The normalized spacial score (nSPS) is 12.1. The topological polar surface area (TPSA) is 27.8 Å². The molecule has 0 fully saturated rings. The SMILES string of the molecule is c1ccc2c(c1)Cc1cc(Nc3ccc(-c4ccc5[nH]c6ccccc6c5c4)cc3)ccc1-2. The lowest BCUT2D eigenvalue weighted by Gasteiger charge is -2.10. The summed E-state index contributed by atoms with van der Waals surface area (Å²) in [5, 5.41) is 6.12. The summed E-state index contributed by atoms with van der Waals surface area (Å²) < 4.78 is 0. The summed E-state index contributed by atoms with van der Waals surface area (Å²) in [6.07, 6.45) is 1.01. The van der Waals surface area contributed by atoms with E-state index in [4.69, 9.17) is 0 Å². The Bertz CT molecular complexity index is 1650. The highest BCUT2D eigenvalue weighted by atomic mass is 14.9. The predicted molar refractivity (Wildman–Crippen MR) is 139 cm³/mol. The van der Waals surface area contributed by atoms with Gasteiger partial charge in [0.25, 0.3) is 0 Å². The molecule has 0 bridgehead atoms. The van der Waals surface area contributed by atoms with E-state index < -0.39 is 0 Å². The Kier molecular flexibility index (Phi) is 3.94. The van der Waals surface area contributed by atoms with Gasteiger partial charge in [0.2, 0.25) is 0 Å². The molecule has 33 heavy (non-hydrogen) atoms.